The molecule has 0 aliphatic carbocycles. The first-order chi connectivity index (χ1) is 9.56. The Kier molecular flexibility index (Phi) is 5.03. The molecule has 1 unspecified atom stereocenters. The van der Waals surface area contributed by atoms with E-state index in [1.54, 1.807) is 7.05 Å². The topological polar surface area (TPSA) is 41.6 Å². The van der Waals surface area contributed by atoms with Gasteiger partial charge in [-0.1, -0.05) is 6.07 Å². The zero-order valence-electron chi connectivity index (χ0n) is 11.4. The summed E-state index contributed by atoms with van der Waals surface area (Å²) in [6.07, 6.45) is 0.305. The fourth-order valence-electron chi connectivity index (χ4n) is 2.11. The highest BCUT2D eigenvalue weighted by atomic mass is 19.1. The zero-order chi connectivity index (χ0) is 14.5. The van der Waals surface area contributed by atoms with Crippen molar-refractivity contribution < 1.29 is 18.3 Å². The van der Waals surface area contributed by atoms with Gasteiger partial charge in [0.25, 0.3) is 0 Å². The first kappa shape index (κ1) is 14.9. The van der Waals surface area contributed by atoms with Crippen LogP contribution in [0.5, 0.6) is 0 Å². The van der Waals surface area contributed by atoms with E-state index >= 15 is 0 Å². The molecule has 4 nitrogen and oxygen atoms in total. The minimum absolute atomic E-state index is 0.00300. The van der Waals surface area contributed by atoms with Crippen LogP contribution in [-0.2, 0) is 16.1 Å². The minimum Gasteiger partial charge on any atom is -0.378 e. The fourth-order valence-corrected chi connectivity index (χ4v) is 2.11. The number of rotatable bonds is 4. The lowest BCUT2D eigenvalue weighted by Gasteiger charge is -2.25. The summed E-state index contributed by atoms with van der Waals surface area (Å²) < 4.78 is 31.6. The summed E-state index contributed by atoms with van der Waals surface area (Å²) in [5.74, 6) is -1.36. The summed E-state index contributed by atoms with van der Waals surface area (Å²) in [6, 6.07) is 3.37. The van der Waals surface area contributed by atoms with Gasteiger partial charge in [-0.2, -0.15) is 0 Å². The molecule has 0 saturated carbocycles. The Morgan fingerprint density at radius 1 is 1.50 bits per heavy atom. The van der Waals surface area contributed by atoms with Crippen LogP contribution >= 0.6 is 0 Å². The van der Waals surface area contributed by atoms with E-state index in [0.717, 1.165) is 12.6 Å². The first-order valence-electron chi connectivity index (χ1n) is 6.55. The van der Waals surface area contributed by atoms with E-state index < -0.39 is 11.6 Å². The van der Waals surface area contributed by atoms with E-state index in [1.807, 2.05) is 0 Å². The van der Waals surface area contributed by atoms with Gasteiger partial charge in [0, 0.05) is 44.2 Å². The number of benzene rings is 1. The standard InChI is InChI=1S/C14H18F2N2O2/c1-18(8-10-2-3-11(15)6-13(10)16)14(19)7-12-9-20-5-4-17-12/h2-3,6,12,17H,4-5,7-9H2,1H3. The number of amides is 1. The minimum atomic E-state index is -0.635. The molecule has 1 saturated heterocycles. The molecule has 0 aromatic heterocycles. The number of nitrogens with one attached hydrogen (secondary N) is 1. The summed E-state index contributed by atoms with van der Waals surface area (Å²) >= 11 is 0. The second-order valence-electron chi connectivity index (χ2n) is 4.92. The Balaban J connectivity index is 1.89. The molecule has 1 heterocycles. The number of hydrogen-bond donors (Lipinski definition) is 1. The van der Waals surface area contributed by atoms with Crippen LogP contribution in [0.4, 0.5) is 8.78 Å². The molecule has 20 heavy (non-hydrogen) atoms. The molecule has 1 N–H and O–H groups in total. The molecule has 0 spiro atoms. The average molecular weight is 284 g/mol. The fraction of sp³-hybridized carbons (Fsp3) is 0.500. The molecule has 1 aromatic carbocycles. The highest BCUT2D eigenvalue weighted by molar-refractivity contribution is 5.76. The van der Waals surface area contributed by atoms with Crippen LogP contribution in [0.15, 0.2) is 18.2 Å². The summed E-state index contributed by atoms with van der Waals surface area (Å²) in [6.45, 7) is 2.01. The van der Waals surface area contributed by atoms with Crippen molar-refractivity contribution in [2.75, 3.05) is 26.8 Å². The molecule has 1 atom stereocenters. The molecule has 1 fully saturated rings. The van der Waals surface area contributed by atoms with Gasteiger partial charge >= 0.3 is 0 Å². The molecule has 110 valence electrons. The highest BCUT2D eigenvalue weighted by Crippen LogP contribution is 2.12. The number of morpholine rings is 1. The van der Waals surface area contributed by atoms with Crippen LogP contribution in [0.3, 0.4) is 0 Å². The lowest BCUT2D eigenvalue weighted by molar-refractivity contribution is -0.131. The van der Waals surface area contributed by atoms with E-state index in [0.29, 0.717) is 25.2 Å². The lowest BCUT2D eigenvalue weighted by atomic mass is 10.1. The van der Waals surface area contributed by atoms with Crippen molar-refractivity contribution >= 4 is 5.91 Å². The predicted octanol–water partition coefficient (Wildman–Crippen LogP) is 1.30. The van der Waals surface area contributed by atoms with Gasteiger partial charge in [0.1, 0.15) is 11.6 Å². The monoisotopic (exact) mass is 284 g/mol. The number of carbonyl (C=O) groups is 1. The Labute approximate surface area is 116 Å². The number of hydrogen-bond acceptors (Lipinski definition) is 3. The van der Waals surface area contributed by atoms with Gasteiger partial charge in [-0.25, -0.2) is 8.78 Å². The third kappa shape index (κ3) is 3.98. The molecule has 1 aromatic rings. The molecule has 0 bridgehead atoms. The largest absolute Gasteiger partial charge is 0.378 e. The van der Waals surface area contributed by atoms with Gasteiger partial charge in [-0.15, -0.1) is 0 Å². The summed E-state index contributed by atoms with van der Waals surface area (Å²) in [4.78, 5) is 13.5. The normalized spacial score (nSPS) is 18.9. The third-order valence-corrected chi connectivity index (χ3v) is 3.27. The van der Waals surface area contributed by atoms with Crippen molar-refractivity contribution in [1.82, 2.24) is 10.2 Å². The van der Waals surface area contributed by atoms with Crippen LogP contribution in [0.2, 0.25) is 0 Å². The van der Waals surface area contributed by atoms with Crippen molar-refractivity contribution in [3.8, 4) is 0 Å². The van der Waals surface area contributed by atoms with E-state index in [2.05, 4.69) is 5.32 Å². The summed E-state index contributed by atoms with van der Waals surface area (Å²) in [7, 11) is 1.61. The van der Waals surface area contributed by atoms with Gasteiger partial charge in [-0.05, 0) is 6.07 Å². The quantitative estimate of drug-likeness (QED) is 0.906. The molecular weight excluding hydrogens is 266 g/mol. The van der Waals surface area contributed by atoms with E-state index in [9.17, 15) is 13.6 Å². The molecular formula is C14H18F2N2O2. The Morgan fingerprint density at radius 3 is 2.95 bits per heavy atom. The number of ether oxygens (including phenoxy) is 1. The van der Waals surface area contributed by atoms with Crippen LogP contribution < -0.4 is 5.32 Å². The molecule has 1 aliphatic rings. The second-order valence-corrected chi connectivity index (χ2v) is 4.92. The van der Waals surface area contributed by atoms with Gasteiger partial charge in [-0.3, -0.25) is 4.79 Å². The maximum absolute atomic E-state index is 13.5. The van der Waals surface area contributed by atoms with E-state index in [4.69, 9.17) is 4.74 Å². The molecule has 0 radical (unpaired) electrons. The smallest absolute Gasteiger partial charge is 0.224 e. The predicted molar refractivity (Wildman–Crippen MR) is 70.1 cm³/mol. The highest BCUT2D eigenvalue weighted by Gasteiger charge is 2.20. The third-order valence-electron chi connectivity index (χ3n) is 3.27. The average Bonchev–Trinajstić information content (AvgIpc) is 2.43. The van der Waals surface area contributed by atoms with Gasteiger partial charge in [0.2, 0.25) is 5.91 Å². The van der Waals surface area contributed by atoms with Crippen LogP contribution in [0, 0.1) is 11.6 Å². The van der Waals surface area contributed by atoms with Crippen molar-refractivity contribution in [3.05, 3.63) is 35.4 Å². The van der Waals surface area contributed by atoms with Crippen LogP contribution in [-0.4, -0.2) is 43.7 Å². The maximum Gasteiger partial charge on any atom is 0.224 e. The maximum atomic E-state index is 13.5. The SMILES string of the molecule is CN(Cc1ccc(F)cc1F)C(=O)CC1COCCN1. The van der Waals surface area contributed by atoms with Gasteiger partial charge in [0.05, 0.1) is 13.2 Å². The van der Waals surface area contributed by atoms with Gasteiger partial charge < -0.3 is 15.0 Å². The van der Waals surface area contributed by atoms with Crippen molar-refractivity contribution in [2.45, 2.75) is 19.0 Å². The Morgan fingerprint density at radius 2 is 2.30 bits per heavy atom. The number of carbonyl (C=O) groups excluding carboxylic acids is 1. The van der Waals surface area contributed by atoms with Gasteiger partial charge in [0.15, 0.2) is 0 Å². The second kappa shape index (κ2) is 6.76. The van der Waals surface area contributed by atoms with Crippen molar-refractivity contribution in [3.63, 3.8) is 0 Å². The first-order valence-corrected chi connectivity index (χ1v) is 6.55. The Hall–Kier alpha value is -1.53. The summed E-state index contributed by atoms with van der Waals surface area (Å²) in [5, 5.41) is 3.19. The lowest BCUT2D eigenvalue weighted by Crippen LogP contribution is -2.44. The molecule has 1 aliphatic heterocycles. The zero-order valence-corrected chi connectivity index (χ0v) is 11.4. The molecule has 2 rings (SSSR count). The number of halogens is 2. The summed E-state index contributed by atoms with van der Waals surface area (Å²) in [5.41, 5.74) is 0.301. The van der Waals surface area contributed by atoms with Crippen LogP contribution in [0.25, 0.3) is 0 Å². The van der Waals surface area contributed by atoms with Crippen molar-refractivity contribution in [2.24, 2.45) is 0 Å². The Bertz CT molecular complexity index is 476. The molecule has 6 heteroatoms. The van der Waals surface area contributed by atoms with Crippen LogP contribution in [0.1, 0.15) is 12.0 Å². The number of nitrogens with zero attached hydrogens (tertiary/aromatic N) is 1. The van der Waals surface area contributed by atoms with E-state index in [1.165, 1.54) is 17.0 Å². The molecule has 1 amide bonds. The van der Waals surface area contributed by atoms with E-state index in [-0.39, 0.29) is 18.5 Å². The van der Waals surface area contributed by atoms with Crippen molar-refractivity contribution in [1.29, 1.82) is 0 Å².